The normalized spacial score (nSPS) is 10.8. The van der Waals surface area contributed by atoms with Crippen molar-refractivity contribution in [3.63, 3.8) is 0 Å². The molecule has 0 saturated heterocycles. The highest BCUT2D eigenvalue weighted by atomic mass is 16.6. The maximum absolute atomic E-state index is 12.0. The van der Waals surface area contributed by atoms with Crippen molar-refractivity contribution in [3.8, 4) is 0 Å². The Balaban J connectivity index is 1.74. The van der Waals surface area contributed by atoms with Crippen LogP contribution in [-0.2, 0) is 4.79 Å². The number of nitro groups is 1. The lowest BCUT2D eigenvalue weighted by molar-refractivity contribution is -0.384. The van der Waals surface area contributed by atoms with Crippen molar-refractivity contribution in [2.45, 2.75) is 0 Å². The first kappa shape index (κ1) is 15.4. The average molecular weight is 318 g/mol. The summed E-state index contributed by atoms with van der Waals surface area (Å²) in [5.41, 5.74) is 1.44. The van der Waals surface area contributed by atoms with Gasteiger partial charge in [-0.2, -0.15) is 0 Å². The first-order valence-corrected chi connectivity index (χ1v) is 7.35. The molecule has 0 bridgehead atoms. The summed E-state index contributed by atoms with van der Waals surface area (Å²) in [5, 5.41) is 15.5. The first-order chi connectivity index (χ1) is 11.6. The minimum Gasteiger partial charge on any atom is -0.323 e. The molecule has 3 rings (SSSR count). The number of nitrogens with one attached hydrogen (secondary N) is 1. The summed E-state index contributed by atoms with van der Waals surface area (Å²) in [6.45, 7) is 0. The number of carbonyl (C=O) groups excluding carboxylic acids is 1. The van der Waals surface area contributed by atoms with Gasteiger partial charge in [0.2, 0.25) is 5.91 Å². The molecule has 5 heteroatoms. The Morgan fingerprint density at radius 3 is 2.42 bits per heavy atom. The zero-order valence-corrected chi connectivity index (χ0v) is 12.7. The van der Waals surface area contributed by atoms with Gasteiger partial charge in [-0.15, -0.1) is 0 Å². The van der Waals surface area contributed by atoms with Crippen LogP contribution in [0.15, 0.2) is 72.8 Å². The molecular weight excluding hydrogens is 304 g/mol. The summed E-state index contributed by atoms with van der Waals surface area (Å²) in [4.78, 5) is 22.1. The van der Waals surface area contributed by atoms with E-state index in [9.17, 15) is 14.9 Å². The van der Waals surface area contributed by atoms with Crippen molar-refractivity contribution in [1.29, 1.82) is 0 Å². The van der Waals surface area contributed by atoms with Crippen LogP contribution >= 0.6 is 0 Å². The number of hydrogen-bond acceptors (Lipinski definition) is 3. The molecule has 0 fully saturated rings. The van der Waals surface area contributed by atoms with Gasteiger partial charge in [0.25, 0.3) is 5.69 Å². The van der Waals surface area contributed by atoms with E-state index in [4.69, 9.17) is 0 Å². The minimum absolute atomic E-state index is 0.0145. The monoisotopic (exact) mass is 318 g/mol. The molecule has 0 radical (unpaired) electrons. The predicted octanol–water partition coefficient (Wildman–Crippen LogP) is 4.40. The molecule has 3 aromatic rings. The van der Waals surface area contributed by atoms with Gasteiger partial charge in [-0.3, -0.25) is 14.9 Å². The molecule has 0 aliphatic heterocycles. The SMILES string of the molecule is O=C(C=Cc1cccc2ccccc12)Nc1ccc([N+](=O)[O-])cc1. The van der Waals surface area contributed by atoms with Crippen molar-refractivity contribution >= 4 is 34.1 Å². The number of nitrogens with zero attached hydrogens (tertiary/aromatic N) is 1. The Hall–Kier alpha value is -3.47. The molecule has 0 aliphatic carbocycles. The van der Waals surface area contributed by atoms with Crippen molar-refractivity contribution < 1.29 is 9.72 Å². The highest BCUT2D eigenvalue weighted by Gasteiger charge is 2.05. The number of hydrogen-bond donors (Lipinski definition) is 1. The quantitative estimate of drug-likeness (QED) is 0.440. The van der Waals surface area contributed by atoms with E-state index in [1.807, 2.05) is 42.5 Å². The van der Waals surface area contributed by atoms with Crippen molar-refractivity contribution in [2.24, 2.45) is 0 Å². The number of benzene rings is 3. The van der Waals surface area contributed by atoms with E-state index in [1.54, 1.807) is 6.08 Å². The second-order valence-corrected chi connectivity index (χ2v) is 5.19. The van der Waals surface area contributed by atoms with Crippen LogP contribution in [0.3, 0.4) is 0 Å². The van der Waals surface area contributed by atoms with Gasteiger partial charge >= 0.3 is 0 Å². The molecule has 0 unspecified atom stereocenters. The van der Waals surface area contributed by atoms with Crippen LogP contribution in [0.5, 0.6) is 0 Å². The van der Waals surface area contributed by atoms with Gasteiger partial charge < -0.3 is 5.32 Å². The summed E-state index contributed by atoms with van der Waals surface area (Å²) in [5.74, 6) is -0.295. The van der Waals surface area contributed by atoms with E-state index in [1.165, 1.54) is 30.3 Å². The maximum Gasteiger partial charge on any atom is 0.269 e. The van der Waals surface area contributed by atoms with E-state index in [2.05, 4.69) is 5.32 Å². The number of non-ortho nitro benzene ring substituents is 1. The summed E-state index contributed by atoms with van der Waals surface area (Å²) in [6.07, 6.45) is 3.20. The Labute approximate surface area is 138 Å². The summed E-state index contributed by atoms with van der Waals surface area (Å²) in [6, 6.07) is 19.6. The largest absolute Gasteiger partial charge is 0.323 e. The Morgan fingerprint density at radius 2 is 1.67 bits per heavy atom. The van der Waals surface area contributed by atoms with Gasteiger partial charge in [0.1, 0.15) is 0 Å². The second-order valence-electron chi connectivity index (χ2n) is 5.19. The molecule has 0 spiro atoms. The Morgan fingerprint density at radius 1 is 0.958 bits per heavy atom. The van der Waals surface area contributed by atoms with Crippen LogP contribution in [0.1, 0.15) is 5.56 Å². The smallest absolute Gasteiger partial charge is 0.269 e. The number of amides is 1. The van der Waals surface area contributed by atoms with Crippen LogP contribution in [0.4, 0.5) is 11.4 Å². The number of fused-ring (bicyclic) bond motifs is 1. The molecule has 0 heterocycles. The summed E-state index contributed by atoms with van der Waals surface area (Å²) < 4.78 is 0. The number of rotatable bonds is 4. The van der Waals surface area contributed by atoms with Crippen molar-refractivity contribution in [2.75, 3.05) is 5.32 Å². The molecule has 0 saturated carbocycles. The Bertz CT molecular complexity index is 926. The fourth-order valence-corrected chi connectivity index (χ4v) is 2.41. The van der Waals surface area contributed by atoms with E-state index < -0.39 is 4.92 Å². The molecule has 0 atom stereocenters. The molecule has 0 aliphatic rings. The molecule has 24 heavy (non-hydrogen) atoms. The van der Waals surface area contributed by atoms with E-state index >= 15 is 0 Å². The third kappa shape index (κ3) is 3.47. The van der Waals surface area contributed by atoms with Crippen LogP contribution < -0.4 is 5.32 Å². The average Bonchev–Trinajstić information content (AvgIpc) is 2.60. The zero-order chi connectivity index (χ0) is 16.9. The van der Waals surface area contributed by atoms with Gasteiger partial charge in [-0.05, 0) is 34.5 Å². The molecular formula is C19H14N2O3. The van der Waals surface area contributed by atoms with Gasteiger partial charge in [-0.25, -0.2) is 0 Å². The third-order valence-corrected chi connectivity index (χ3v) is 3.58. The number of carbonyl (C=O) groups is 1. The second kappa shape index (κ2) is 6.75. The van der Waals surface area contributed by atoms with Crippen LogP contribution in [0.25, 0.3) is 16.8 Å². The molecule has 0 aromatic heterocycles. The first-order valence-electron chi connectivity index (χ1n) is 7.35. The summed E-state index contributed by atoms with van der Waals surface area (Å²) >= 11 is 0. The van der Waals surface area contributed by atoms with E-state index in [-0.39, 0.29) is 11.6 Å². The lowest BCUT2D eigenvalue weighted by atomic mass is 10.0. The number of anilines is 1. The Kier molecular flexibility index (Phi) is 4.34. The minimum atomic E-state index is -0.480. The lowest BCUT2D eigenvalue weighted by Gasteiger charge is -2.03. The van der Waals surface area contributed by atoms with Crippen molar-refractivity contribution in [3.05, 3.63) is 88.5 Å². The molecule has 1 amide bonds. The molecule has 3 aromatic carbocycles. The maximum atomic E-state index is 12.0. The standard InChI is InChI=1S/C19H14N2O3/c22-19(20-16-9-11-17(12-10-16)21(23)24)13-8-15-6-3-5-14-4-1-2-7-18(14)15/h1-13H,(H,20,22). The fourth-order valence-electron chi connectivity index (χ4n) is 2.41. The summed E-state index contributed by atoms with van der Waals surface area (Å²) in [7, 11) is 0. The van der Waals surface area contributed by atoms with Crippen LogP contribution in [0, 0.1) is 10.1 Å². The van der Waals surface area contributed by atoms with E-state index in [0.29, 0.717) is 5.69 Å². The molecule has 1 N–H and O–H groups in total. The lowest BCUT2D eigenvalue weighted by Crippen LogP contribution is -2.07. The predicted molar refractivity (Wildman–Crippen MR) is 94.7 cm³/mol. The highest BCUT2D eigenvalue weighted by molar-refractivity contribution is 6.03. The van der Waals surface area contributed by atoms with Gasteiger partial charge in [0.15, 0.2) is 0 Å². The highest BCUT2D eigenvalue weighted by Crippen LogP contribution is 2.20. The zero-order valence-electron chi connectivity index (χ0n) is 12.7. The topological polar surface area (TPSA) is 72.2 Å². The molecule has 118 valence electrons. The van der Waals surface area contributed by atoms with Gasteiger partial charge in [-0.1, -0.05) is 42.5 Å². The van der Waals surface area contributed by atoms with Gasteiger partial charge in [0, 0.05) is 23.9 Å². The third-order valence-electron chi connectivity index (χ3n) is 3.58. The van der Waals surface area contributed by atoms with E-state index in [0.717, 1.165) is 16.3 Å². The molecule has 5 nitrogen and oxygen atoms in total. The van der Waals surface area contributed by atoms with Gasteiger partial charge in [0.05, 0.1) is 4.92 Å². The fraction of sp³-hybridized carbons (Fsp3) is 0. The van der Waals surface area contributed by atoms with Crippen molar-refractivity contribution in [1.82, 2.24) is 0 Å². The van der Waals surface area contributed by atoms with Crippen LogP contribution in [0.2, 0.25) is 0 Å². The number of nitro benzene ring substituents is 1. The van der Waals surface area contributed by atoms with Crippen LogP contribution in [-0.4, -0.2) is 10.8 Å².